The van der Waals surface area contributed by atoms with E-state index in [0.717, 1.165) is 6.26 Å². The molecular formula is C8H16ClNO4S. The first-order chi connectivity index (χ1) is 6.85. The summed E-state index contributed by atoms with van der Waals surface area (Å²) in [7, 11) is -1.71. The fourth-order valence-electron chi connectivity index (χ4n) is 0.922. The number of halogens is 1. The van der Waals surface area contributed by atoms with Crippen LogP contribution in [-0.2, 0) is 19.4 Å². The van der Waals surface area contributed by atoms with E-state index in [9.17, 15) is 13.2 Å². The Balaban J connectivity index is 3.64. The molecule has 0 saturated carbocycles. The summed E-state index contributed by atoms with van der Waals surface area (Å²) in [4.78, 5) is 11.0. The normalized spacial score (nSPS) is 13.5. The van der Waals surface area contributed by atoms with Gasteiger partial charge in [-0.15, -0.1) is 11.6 Å². The highest BCUT2D eigenvalue weighted by Crippen LogP contribution is 2.00. The van der Waals surface area contributed by atoms with Gasteiger partial charge in [0.25, 0.3) is 0 Å². The van der Waals surface area contributed by atoms with E-state index in [-0.39, 0.29) is 5.38 Å². The van der Waals surface area contributed by atoms with Crippen LogP contribution in [0, 0.1) is 0 Å². The summed E-state index contributed by atoms with van der Waals surface area (Å²) in [5, 5.41) is 2.30. The van der Waals surface area contributed by atoms with E-state index in [2.05, 4.69) is 5.32 Å². The van der Waals surface area contributed by atoms with Crippen LogP contribution < -0.4 is 5.32 Å². The third kappa shape index (κ3) is 9.96. The number of ether oxygens (including phenoxy) is 1. The minimum Gasteiger partial charge on any atom is -0.383 e. The van der Waals surface area contributed by atoms with E-state index in [0.29, 0.717) is 19.6 Å². The highest BCUT2D eigenvalue weighted by atomic mass is 35.5. The number of hydrogen-bond donors (Lipinski definition) is 1. The molecule has 0 rings (SSSR count). The monoisotopic (exact) mass is 257 g/mol. The Morgan fingerprint density at radius 2 is 2.13 bits per heavy atom. The molecule has 15 heavy (non-hydrogen) atoms. The summed E-state index contributed by atoms with van der Waals surface area (Å²) in [6.07, 6.45) is 1.56. The Bertz CT molecular complexity index is 291. The van der Waals surface area contributed by atoms with Gasteiger partial charge in [0, 0.05) is 19.9 Å². The molecule has 1 atom stereocenters. The highest BCUT2D eigenvalue weighted by molar-refractivity contribution is 7.91. The van der Waals surface area contributed by atoms with Crippen molar-refractivity contribution < 1.29 is 17.9 Å². The zero-order chi connectivity index (χ0) is 11.9. The third-order valence-corrected chi connectivity index (χ3v) is 2.65. The Kier molecular flexibility index (Phi) is 6.87. The summed E-state index contributed by atoms with van der Waals surface area (Å²) in [6.45, 7) is 0.759. The van der Waals surface area contributed by atoms with Crippen LogP contribution in [0.5, 0.6) is 0 Å². The average Bonchev–Trinajstić information content (AvgIpc) is 2.00. The number of carbonyl (C=O) groups excluding carboxylic acids is 1. The molecule has 0 aliphatic heterocycles. The number of sulfone groups is 1. The third-order valence-electron chi connectivity index (χ3n) is 1.52. The van der Waals surface area contributed by atoms with E-state index >= 15 is 0 Å². The predicted molar refractivity (Wildman–Crippen MR) is 58.9 cm³/mol. The van der Waals surface area contributed by atoms with Crippen LogP contribution in [0.1, 0.15) is 6.42 Å². The Morgan fingerprint density at radius 3 is 2.60 bits per heavy atom. The fourth-order valence-corrected chi connectivity index (χ4v) is 1.73. The molecule has 0 aliphatic rings. The van der Waals surface area contributed by atoms with Gasteiger partial charge in [0.15, 0.2) is 9.84 Å². The van der Waals surface area contributed by atoms with Crippen molar-refractivity contribution in [3.05, 3.63) is 0 Å². The van der Waals surface area contributed by atoms with Gasteiger partial charge in [-0.2, -0.15) is 0 Å². The summed E-state index contributed by atoms with van der Waals surface area (Å²) < 4.78 is 26.3. The van der Waals surface area contributed by atoms with E-state index < -0.39 is 21.5 Å². The predicted octanol–water partition coefficient (Wildman–Crippen LogP) is -0.209. The van der Waals surface area contributed by atoms with Crippen molar-refractivity contribution in [1.82, 2.24) is 5.32 Å². The standard InChI is InChI=1S/C8H16ClNO4S/c1-14-5-7(9)3-4-10-8(11)6-15(2,12)13/h7H,3-6H2,1-2H3,(H,10,11). The van der Waals surface area contributed by atoms with Crippen molar-refractivity contribution in [2.45, 2.75) is 11.8 Å². The molecule has 0 bridgehead atoms. The van der Waals surface area contributed by atoms with Crippen molar-refractivity contribution in [2.24, 2.45) is 0 Å². The molecule has 0 aliphatic carbocycles. The number of alkyl halides is 1. The second-order valence-corrected chi connectivity index (χ2v) is 6.02. The molecular weight excluding hydrogens is 242 g/mol. The van der Waals surface area contributed by atoms with Crippen LogP contribution in [0.4, 0.5) is 0 Å². The second kappa shape index (κ2) is 7.03. The Hall–Kier alpha value is -0.330. The maximum absolute atomic E-state index is 11.0. The molecule has 7 heteroatoms. The smallest absolute Gasteiger partial charge is 0.235 e. The van der Waals surface area contributed by atoms with Crippen LogP contribution in [0.15, 0.2) is 0 Å². The van der Waals surface area contributed by atoms with Crippen molar-refractivity contribution in [2.75, 3.05) is 32.3 Å². The first kappa shape index (κ1) is 14.7. The largest absolute Gasteiger partial charge is 0.383 e. The van der Waals surface area contributed by atoms with Gasteiger partial charge in [0.05, 0.1) is 12.0 Å². The van der Waals surface area contributed by atoms with Crippen LogP contribution >= 0.6 is 11.6 Å². The van der Waals surface area contributed by atoms with E-state index in [1.54, 1.807) is 0 Å². The molecule has 1 unspecified atom stereocenters. The molecule has 0 aromatic heterocycles. The molecule has 0 radical (unpaired) electrons. The Labute approximate surface area is 95.0 Å². The first-order valence-electron chi connectivity index (χ1n) is 4.42. The van der Waals surface area contributed by atoms with Gasteiger partial charge in [-0.05, 0) is 6.42 Å². The van der Waals surface area contributed by atoms with Gasteiger partial charge < -0.3 is 10.1 Å². The van der Waals surface area contributed by atoms with Crippen molar-refractivity contribution >= 4 is 27.3 Å². The molecule has 0 fully saturated rings. The maximum Gasteiger partial charge on any atom is 0.235 e. The van der Waals surface area contributed by atoms with Gasteiger partial charge in [0.2, 0.25) is 5.91 Å². The minimum atomic E-state index is -3.25. The zero-order valence-electron chi connectivity index (χ0n) is 8.82. The number of hydrogen-bond acceptors (Lipinski definition) is 4. The summed E-state index contributed by atoms with van der Waals surface area (Å²) in [5.74, 6) is -0.983. The lowest BCUT2D eigenvalue weighted by Gasteiger charge is -2.08. The molecule has 0 saturated heterocycles. The number of nitrogens with one attached hydrogen (secondary N) is 1. The fraction of sp³-hybridized carbons (Fsp3) is 0.875. The van der Waals surface area contributed by atoms with Gasteiger partial charge in [-0.3, -0.25) is 4.79 Å². The molecule has 0 heterocycles. The molecule has 1 N–H and O–H groups in total. The van der Waals surface area contributed by atoms with E-state index in [4.69, 9.17) is 16.3 Å². The number of methoxy groups -OCH3 is 1. The van der Waals surface area contributed by atoms with Gasteiger partial charge >= 0.3 is 0 Å². The number of amides is 1. The molecule has 5 nitrogen and oxygen atoms in total. The lowest BCUT2D eigenvalue weighted by molar-refractivity contribution is -0.118. The van der Waals surface area contributed by atoms with E-state index in [1.807, 2.05) is 0 Å². The second-order valence-electron chi connectivity index (χ2n) is 3.26. The molecule has 0 spiro atoms. The maximum atomic E-state index is 11.0. The van der Waals surface area contributed by atoms with Crippen molar-refractivity contribution in [3.8, 4) is 0 Å². The number of carbonyl (C=O) groups is 1. The average molecular weight is 258 g/mol. The van der Waals surface area contributed by atoms with Crippen LogP contribution in [-0.4, -0.2) is 52.0 Å². The topological polar surface area (TPSA) is 72.5 Å². The Morgan fingerprint density at radius 1 is 1.53 bits per heavy atom. The van der Waals surface area contributed by atoms with Gasteiger partial charge in [-0.1, -0.05) is 0 Å². The lowest BCUT2D eigenvalue weighted by atomic mass is 10.3. The quantitative estimate of drug-likeness (QED) is 0.641. The molecule has 1 amide bonds. The van der Waals surface area contributed by atoms with Crippen molar-refractivity contribution in [3.63, 3.8) is 0 Å². The summed E-state index contributed by atoms with van der Waals surface area (Å²) in [5.41, 5.74) is 0. The van der Waals surface area contributed by atoms with Gasteiger partial charge in [0.1, 0.15) is 5.75 Å². The molecule has 0 aromatic rings. The highest BCUT2D eigenvalue weighted by Gasteiger charge is 2.10. The van der Waals surface area contributed by atoms with Crippen molar-refractivity contribution in [1.29, 1.82) is 0 Å². The van der Waals surface area contributed by atoms with Crippen LogP contribution in [0.25, 0.3) is 0 Å². The number of rotatable bonds is 7. The van der Waals surface area contributed by atoms with Gasteiger partial charge in [-0.25, -0.2) is 8.42 Å². The summed E-state index contributed by atoms with van der Waals surface area (Å²) >= 11 is 5.80. The molecule has 90 valence electrons. The SMILES string of the molecule is COCC(Cl)CCNC(=O)CS(C)(=O)=O. The lowest BCUT2D eigenvalue weighted by Crippen LogP contribution is -2.32. The van der Waals surface area contributed by atoms with Crippen LogP contribution in [0.2, 0.25) is 0 Å². The molecule has 0 aromatic carbocycles. The zero-order valence-corrected chi connectivity index (χ0v) is 10.4. The minimum absolute atomic E-state index is 0.173. The first-order valence-corrected chi connectivity index (χ1v) is 6.92. The van der Waals surface area contributed by atoms with Crippen LogP contribution in [0.3, 0.4) is 0 Å². The van der Waals surface area contributed by atoms with E-state index in [1.165, 1.54) is 7.11 Å². The summed E-state index contributed by atoms with van der Waals surface area (Å²) in [6, 6.07) is 0.